The summed E-state index contributed by atoms with van der Waals surface area (Å²) >= 11 is 0. The summed E-state index contributed by atoms with van der Waals surface area (Å²) in [4.78, 5) is 0. The summed E-state index contributed by atoms with van der Waals surface area (Å²) in [6.45, 7) is 2.19. The highest BCUT2D eigenvalue weighted by Crippen LogP contribution is 2.48. The maximum atomic E-state index is 13.4. The quantitative estimate of drug-likeness (QED) is 0.586. The van der Waals surface area contributed by atoms with E-state index in [1.165, 1.54) is 18.9 Å². The largest absolute Gasteiger partial charge is 0.271 e. The molecule has 0 saturated heterocycles. The van der Waals surface area contributed by atoms with Crippen LogP contribution in [-0.2, 0) is 6.42 Å². The molecular formula is C12H17FN2. The molecule has 1 aromatic carbocycles. The van der Waals surface area contributed by atoms with Crippen LogP contribution in [-0.4, -0.2) is 6.04 Å². The van der Waals surface area contributed by atoms with Crippen LogP contribution in [0, 0.1) is 11.2 Å². The summed E-state index contributed by atoms with van der Waals surface area (Å²) in [5.74, 6) is 5.39. The highest BCUT2D eigenvalue weighted by Gasteiger charge is 2.44. The lowest BCUT2D eigenvalue weighted by Crippen LogP contribution is -2.42. The Hall–Kier alpha value is -0.930. The maximum absolute atomic E-state index is 13.4. The van der Waals surface area contributed by atoms with Gasteiger partial charge in [-0.2, -0.15) is 0 Å². The molecule has 0 aromatic heterocycles. The third-order valence-electron chi connectivity index (χ3n) is 3.46. The van der Waals surface area contributed by atoms with Crippen molar-refractivity contribution in [3.63, 3.8) is 0 Å². The molecule has 1 aliphatic carbocycles. The lowest BCUT2D eigenvalue weighted by molar-refractivity contribution is 0.355. The molecule has 2 rings (SSSR count). The minimum atomic E-state index is -0.137. The second kappa shape index (κ2) is 3.91. The topological polar surface area (TPSA) is 38.0 Å². The zero-order chi connectivity index (χ0) is 10.9. The van der Waals surface area contributed by atoms with E-state index < -0.39 is 0 Å². The number of hydrogen-bond donors (Lipinski definition) is 2. The first-order chi connectivity index (χ1) is 7.15. The van der Waals surface area contributed by atoms with Gasteiger partial charge in [0.2, 0.25) is 0 Å². The summed E-state index contributed by atoms with van der Waals surface area (Å²) in [5, 5.41) is 0. The second-order valence-electron chi connectivity index (χ2n) is 4.67. The Labute approximate surface area is 89.6 Å². The van der Waals surface area contributed by atoms with Crippen molar-refractivity contribution in [1.82, 2.24) is 5.43 Å². The summed E-state index contributed by atoms with van der Waals surface area (Å²) < 4.78 is 13.4. The fourth-order valence-corrected chi connectivity index (χ4v) is 1.94. The predicted octanol–water partition coefficient (Wildman–Crippen LogP) is 2.00. The predicted molar refractivity (Wildman–Crippen MR) is 58.6 cm³/mol. The molecule has 15 heavy (non-hydrogen) atoms. The lowest BCUT2D eigenvalue weighted by Gasteiger charge is -2.22. The van der Waals surface area contributed by atoms with Gasteiger partial charge in [-0.3, -0.25) is 11.3 Å². The number of nitrogens with one attached hydrogen (secondary N) is 1. The van der Waals surface area contributed by atoms with Crippen molar-refractivity contribution in [3.8, 4) is 0 Å². The molecule has 0 bridgehead atoms. The van der Waals surface area contributed by atoms with E-state index in [4.69, 9.17) is 5.84 Å². The fraction of sp³-hybridized carbons (Fsp3) is 0.500. The van der Waals surface area contributed by atoms with Gasteiger partial charge in [0.05, 0.1) is 0 Å². The molecule has 0 radical (unpaired) electrons. The van der Waals surface area contributed by atoms with Gasteiger partial charge in [-0.1, -0.05) is 25.1 Å². The molecule has 3 N–H and O–H groups in total. The molecule has 0 heterocycles. The number of rotatable bonds is 4. The van der Waals surface area contributed by atoms with Crippen LogP contribution in [0.4, 0.5) is 4.39 Å². The Kier molecular flexibility index (Phi) is 2.76. The van der Waals surface area contributed by atoms with E-state index in [9.17, 15) is 4.39 Å². The van der Waals surface area contributed by atoms with Crippen molar-refractivity contribution in [2.24, 2.45) is 11.3 Å². The van der Waals surface area contributed by atoms with Crippen LogP contribution in [0.2, 0.25) is 0 Å². The third-order valence-corrected chi connectivity index (χ3v) is 3.46. The van der Waals surface area contributed by atoms with E-state index in [1.807, 2.05) is 12.1 Å². The monoisotopic (exact) mass is 208 g/mol. The van der Waals surface area contributed by atoms with Crippen LogP contribution in [0.25, 0.3) is 0 Å². The van der Waals surface area contributed by atoms with Gasteiger partial charge in [0.1, 0.15) is 5.82 Å². The van der Waals surface area contributed by atoms with Gasteiger partial charge in [0.15, 0.2) is 0 Å². The van der Waals surface area contributed by atoms with Crippen LogP contribution < -0.4 is 11.3 Å². The Morgan fingerprint density at radius 1 is 1.47 bits per heavy atom. The van der Waals surface area contributed by atoms with Crippen LogP contribution in [0.1, 0.15) is 25.3 Å². The fourth-order valence-electron chi connectivity index (χ4n) is 1.94. The van der Waals surface area contributed by atoms with Gasteiger partial charge in [-0.05, 0) is 36.3 Å². The van der Waals surface area contributed by atoms with Crippen molar-refractivity contribution in [2.75, 3.05) is 0 Å². The summed E-state index contributed by atoms with van der Waals surface area (Å²) in [7, 11) is 0. The maximum Gasteiger partial charge on any atom is 0.126 e. The van der Waals surface area contributed by atoms with Gasteiger partial charge >= 0.3 is 0 Å². The van der Waals surface area contributed by atoms with E-state index in [2.05, 4.69) is 12.3 Å². The molecule has 2 nitrogen and oxygen atoms in total. The molecule has 0 aliphatic heterocycles. The third kappa shape index (κ3) is 2.19. The normalized spacial score (nSPS) is 19.9. The summed E-state index contributed by atoms with van der Waals surface area (Å²) in [5.41, 5.74) is 3.82. The zero-order valence-electron chi connectivity index (χ0n) is 8.96. The Bertz CT molecular complexity index is 347. The van der Waals surface area contributed by atoms with Crippen molar-refractivity contribution in [3.05, 3.63) is 35.6 Å². The average Bonchev–Trinajstić information content (AvgIpc) is 2.96. The van der Waals surface area contributed by atoms with Gasteiger partial charge in [0, 0.05) is 6.04 Å². The summed E-state index contributed by atoms with van der Waals surface area (Å²) in [6, 6.07) is 7.07. The molecule has 82 valence electrons. The first-order valence-electron chi connectivity index (χ1n) is 5.35. The number of halogens is 1. The molecule has 0 spiro atoms. The van der Waals surface area contributed by atoms with Crippen LogP contribution in [0.3, 0.4) is 0 Å². The first-order valence-corrected chi connectivity index (χ1v) is 5.35. The highest BCUT2D eigenvalue weighted by atomic mass is 19.1. The molecule has 1 saturated carbocycles. The van der Waals surface area contributed by atoms with Gasteiger partial charge < -0.3 is 0 Å². The minimum absolute atomic E-state index is 0.137. The minimum Gasteiger partial charge on any atom is -0.271 e. The number of hydrazine groups is 1. The molecule has 1 aromatic rings. The number of hydrogen-bond acceptors (Lipinski definition) is 2. The molecule has 3 heteroatoms. The van der Waals surface area contributed by atoms with Gasteiger partial charge in [-0.25, -0.2) is 4.39 Å². The SMILES string of the molecule is CC1(C(Cc2ccccc2F)NN)CC1. The molecule has 1 aliphatic rings. The van der Waals surface area contributed by atoms with Gasteiger partial charge in [-0.15, -0.1) is 0 Å². The van der Waals surface area contributed by atoms with E-state index in [0.29, 0.717) is 6.42 Å². The number of nitrogens with two attached hydrogens (primary N) is 1. The lowest BCUT2D eigenvalue weighted by atomic mass is 9.93. The summed E-state index contributed by atoms with van der Waals surface area (Å²) in [6.07, 6.45) is 3.02. The van der Waals surface area contributed by atoms with E-state index in [0.717, 1.165) is 5.56 Å². The standard InChI is InChI=1S/C12H17FN2/c1-12(6-7-12)11(15-14)8-9-4-2-3-5-10(9)13/h2-5,11,15H,6-8,14H2,1H3. The Morgan fingerprint density at radius 3 is 2.67 bits per heavy atom. The Balaban J connectivity index is 2.10. The zero-order valence-corrected chi connectivity index (χ0v) is 8.96. The van der Waals surface area contributed by atoms with E-state index in [-0.39, 0.29) is 17.3 Å². The van der Waals surface area contributed by atoms with E-state index >= 15 is 0 Å². The second-order valence-corrected chi connectivity index (χ2v) is 4.67. The van der Waals surface area contributed by atoms with Crippen molar-refractivity contribution in [2.45, 2.75) is 32.2 Å². The van der Waals surface area contributed by atoms with Crippen molar-refractivity contribution < 1.29 is 4.39 Å². The molecule has 1 atom stereocenters. The average molecular weight is 208 g/mol. The van der Waals surface area contributed by atoms with Crippen molar-refractivity contribution in [1.29, 1.82) is 0 Å². The molecular weight excluding hydrogens is 191 g/mol. The van der Waals surface area contributed by atoms with Crippen LogP contribution >= 0.6 is 0 Å². The van der Waals surface area contributed by atoms with Crippen LogP contribution in [0.5, 0.6) is 0 Å². The number of benzene rings is 1. The van der Waals surface area contributed by atoms with E-state index in [1.54, 1.807) is 6.07 Å². The molecule has 1 unspecified atom stereocenters. The highest BCUT2D eigenvalue weighted by molar-refractivity contribution is 5.20. The van der Waals surface area contributed by atoms with Gasteiger partial charge in [0.25, 0.3) is 0 Å². The Morgan fingerprint density at radius 2 is 2.13 bits per heavy atom. The van der Waals surface area contributed by atoms with Crippen LogP contribution in [0.15, 0.2) is 24.3 Å². The molecule has 1 fully saturated rings. The van der Waals surface area contributed by atoms with Crippen molar-refractivity contribution >= 4 is 0 Å². The molecule has 0 amide bonds. The first kappa shape index (κ1) is 10.6. The smallest absolute Gasteiger partial charge is 0.126 e.